The van der Waals surface area contributed by atoms with Gasteiger partial charge in [0.05, 0.1) is 0 Å². The van der Waals surface area contributed by atoms with Crippen molar-refractivity contribution in [2.75, 3.05) is 13.6 Å². The van der Waals surface area contributed by atoms with Crippen molar-refractivity contribution >= 4 is 12.1 Å². The first-order valence-corrected chi connectivity index (χ1v) is 8.46. The van der Waals surface area contributed by atoms with Crippen molar-refractivity contribution < 1.29 is 19.4 Å². The lowest BCUT2D eigenvalue weighted by molar-refractivity contribution is -0.139. The van der Waals surface area contributed by atoms with Gasteiger partial charge in [-0.05, 0) is 44.8 Å². The number of ether oxygens (including phenoxy) is 1. The molecule has 0 radical (unpaired) electrons. The van der Waals surface area contributed by atoms with Gasteiger partial charge in [-0.2, -0.15) is 0 Å². The second-order valence-corrected chi connectivity index (χ2v) is 6.30. The molecule has 0 spiro atoms. The van der Waals surface area contributed by atoms with Crippen LogP contribution in [0.15, 0.2) is 30.3 Å². The molecule has 132 valence electrons. The lowest BCUT2D eigenvalue weighted by Crippen LogP contribution is -2.43. The van der Waals surface area contributed by atoms with Crippen LogP contribution in [0.1, 0.15) is 37.7 Å². The van der Waals surface area contributed by atoms with Crippen LogP contribution in [0.5, 0.6) is 0 Å². The van der Waals surface area contributed by atoms with Gasteiger partial charge in [0.2, 0.25) is 0 Å². The van der Waals surface area contributed by atoms with Gasteiger partial charge in [0.25, 0.3) is 0 Å². The Morgan fingerprint density at radius 2 is 2.08 bits per heavy atom. The number of carbonyl (C=O) groups excluding carboxylic acids is 1. The van der Waals surface area contributed by atoms with Gasteiger partial charge in [0.15, 0.2) is 0 Å². The van der Waals surface area contributed by atoms with E-state index >= 15 is 0 Å². The Hall–Kier alpha value is -2.08. The SMILES string of the molecule is CN1CCCCC1CCC(NC(=O)OCc1ccccc1)C(=O)O. The molecular formula is C18H26N2O4. The van der Waals surface area contributed by atoms with Crippen molar-refractivity contribution in [3.05, 3.63) is 35.9 Å². The van der Waals surface area contributed by atoms with Crippen molar-refractivity contribution in [3.8, 4) is 0 Å². The average Bonchev–Trinajstić information content (AvgIpc) is 2.58. The number of hydrogen-bond donors (Lipinski definition) is 2. The van der Waals surface area contributed by atoms with E-state index in [2.05, 4.69) is 17.3 Å². The number of likely N-dealkylation sites (tertiary alicyclic amines) is 1. The zero-order chi connectivity index (χ0) is 17.4. The summed E-state index contributed by atoms with van der Waals surface area (Å²) in [7, 11) is 2.07. The maximum absolute atomic E-state index is 11.8. The van der Waals surface area contributed by atoms with Crippen LogP contribution in [0.3, 0.4) is 0 Å². The highest BCUT2D eigenvalue weighted by Crippen LogP contribution is 2.19. The predicted molar refractivity (Wildman–Crippen MR) is 90.7 cm³/mol. The number of hydrogen-bond acceptors (Lipinski definition) is 4. The van der Waals surface area contributed by atoms with Crippen LogP contribution in [0.4, 0.5) is 4.79 Å². The van der Waals surface area contributed by atoms with E-state index in [1.807, 2.05) is 30.3 Å². The maximum Gasteiger partial charge on any atom is 0.408 e. The molecule has 1 aromatic rings. The number of alkyl carbamates (subject to hydrolysis) is 1. The fourth-order valence-corrected chi connectivity index (χ4v) is 3.03. The Morgan fingerprint density at radius 1 is 1.33 bits per heavy atom. The molecule has 0 aromatic heterocycles. The first-order chi connectivity index (χ1) is 11.6. The summed E-state index contributed by atoms with van der Waals surface area (Å²) >= 11 is 0. The van der Waals surface area contributed by atoms with Crippen LogP contribution in [0.2, 0.25) is 0 Å². The molecular weight excluding hydrogens is 308 g/mol. The first-order valence-electron chi connectivity index (χ1n) is 8.46. The molecule has 6 nitrogen and oxygen atoms in total. The molecule has 1 aliphatic rings. The molecule has 2 rings (SSSR count). The minimum absolute atomic E-state index is 0.129. The molecule has 1 amide bonds. The summed E-state index contributed by atoms with van der Waals surface area (Å²) in [5.74, 6) is -1.02. The van der Waals surface area contributed by atoms with Crippen molar-refractivity contribution in [2.24, 2.45) is 0 Å². The largest absolute Gasteiger partial charge is 0.480 e. The minimum Gasteiger partial charge on any atom is -0.480 e. The summed E-state index contributed by atoms with van der Waals surface area (Å²) in [6, 6.07) is 8.77. The highest BCUT2D eigenvalue weighted by atomic mass is 16.5. The zero-order valence-corrected chi connectivity index (χ0v) is 14.1. The van der Waals surface area contributed by atoms with Gasteiger partial charge in [-0.3, -0.25) is 0 Å². The van der Waals surface area contributed by atoms with E-state index < -0.39 is 18.1 Å². The van der Waals surface area contributed by atoms with Crippen LogP contribution < -0.4 is 5.32 Å². The van der Waals surface area contributed by atoms with Crippen molar-refractivity contribution in [1.82, 2.24) is 10.2 Å². The molecule has 6 heteroatoms. The van der Waals surface area contributed by atoms with E-state index in [1.165, 1.54) is 12.8 Å². The second kappa shape index (κ2) is 9.27. The van der Waals surface area contributed by atoms with Gasteiger partial charge in [0.1, 0.15) is 12.6 Å². The average molecular weight is 334 g/mol. The van der Waals surface area contributed by atoms with E-state index in [9.17, 15) is 14.7 Å². The van der Waals surface area contributed by atoms with Gasteiger partial charge < -0.3 is 20.1 Å². The number of benzene rings is 1. The molecule has 0 aliphatic carbocycles. The Kier molecular flexibility index (Phi) is 7.06. The van der Waals surface area contributed by atoms with E-state index in [0.717, 1.165) is 24.9 Å². The number of nitrogens with zero attached hydrogens (tertiary/aromatic N) is 1. The van der Waals surface area contributed by atoms with E-state index in [1.54, 1.807) is 0 Å². The predicted octanol–water partition coefficient (Wildman–Crippen LogP) is 2.63. The summed E-state index contributed by atoms with van der Waals surface area (Å²) < 4.78 is 5.10. The third-order valence-electron chi connectivity index (χ3n) is 4.51. The monoisotopic (exact) mass is 334 g/mol. The van der Waals surface area contributed by atoms with Gasteiger partial charge in [-0.15, -0.1) is 0 Å². The topological polar surface area (TPSA) is 78.9 Å². The zero-order valence-electron chi connectivity index (χ0n) is 14.1. The van der Waals surface area contributed by atoms with Crippen molar-refractivity contribution in [2.45, 2.75) is 50.8 Å². The number of nitrogens with one attached hydrogen (secondary N) is 1. The van der Waals surface area contributed by atoms with Crippen molar-refractivity contribution in [1.29, 1.82) is 0 Å². The molecule has 2 unspecified atom stereocenters. The molecule has 1 heterocycles. The molecule has 2 atom stereocenters. The summed E-state index contributed by atoms with van der Waals surface area (Å²) in [6.07, 6.45) is 3.93. The molecule has 1 fully saturated rings. The lowest BCUT2D eigenvalue weighted by atomic mass is 9.96. The number of carboxylic acid groups (broad SMARTS) is 1. The molecule has 1 saturated heterocycles. The summed E-state index contributed by atoms with van der Waals surface area (Å²) in [4.78, 5) is 25.5. The summed E-state index contributed by atoms with van der Waals surface area (Å²) in [5, 5.41) is 11.8. The fourth-order valence-electron chi connectivity index (χ4n) is 3.03. The minimum atomic E-state index is -1.02. The van der Waals surface area contributed by atoms with Gasteiger partial charge in [-0.1, -0.05) is 36.8 Å². The number of aliphatic carboxylic acids is 1. The molecule has 2 N–H and O–H groups in total. The Balaban J connectivity index is 1.77. The maximum atomic E-state index is 11.8. The number of amides is 1. The standard InChI is InChI=1S/C18H26N2O4/c1-20-12-6-5-9-15(20)10-11-16(17(21)22)19-18(23)24-13-14-7-3-2-4-8-14/h2-4,7-8,15-16H,5-6,9-13H2,1H3,(H,19,23)(H,21,22). The Bertz CT molecular complexity index is 535. The van der Waals surface area contributed by atoms with Crippen molar-refractivity contribution in [3.63, 3.8) is 0 Å². The third-order valence-corrected chi connectivity index (χ3v) is 4.51. The molecule has 1 aromatic carbocycles. The van der Waals surface area contributed by atoms with Crippen LogP contribution in [-0.4, -0.2) is 47.7 Å². The molecule has 24 heavy (non-hydrogen) atoms. The number of rotatable bonds is 7. The fraction of sp³-hybridized carbons (Fsp3) is 0.556. The number of piperidine rings is 1. The van der Waals surface area contributed by atoms with Crippen LogP contribution in [-0.2, 0) is 16.1 Å². The van der Waals surface area contributed by atoms with Crippen LogP contribution in [0.25, 0.3) is 0 Å². The van der Waals surface area contributed by atoms with E-state index in [0.29, 0.717) is 12.5 Å². The third kappa shape index (κ3) is 5.85. The molecule has 0 bridgehead atoms. The van der Waals surface area contributed by atoms with Crippen LogP contribution >= 0.6 is 0 Å². The quantitative estimate of drug-likeness (QED) is 0.801. The number of carbonyl (C=O) groups is 2. The van der Waals surface area contributed by atoms with E-state index in [4.69, 9.17) is 4.74 Å². The van der Waals surface area contributed by atoms with Crippen LogP contribution in [0, 0.1) is 0 Å². The van der Waals surface area contributed by atoms with E-state index in [-0.39, 0.29) is 6.61 Å². The smallest absolute Gasteiger partial charge is 0.408 e. The summed E-state index contributed by atoms with van der Waals surface area (Å²) in [5.41, 5.74) is 0.864. The summed E-state index contributed by atoms with van der Waals surface area (Å²) in [6.45, 7) is 1.18. The molecule has 0 saturated carbocycles. The second-order valence-electron chi connectivity index (χ2n) is 6.30. The highest BCUT2D eigenvalue weighted by Gasteiger charge is 2.25. The van der Waals surface area contributed by atoms with Gasteiger partial charge in [-0.25, -0.2) is 9.59 Å². The Morgan fingerprint density at radius 3 is 2.75 bits per heavy atom. The van der Waals surface area contributed by atoms with Gasteiger partial charge in [0, 0.05) is 6.04 Å². The normalized spacial score (nSPS) is 19.5. The Labute approximate surface area is 142 Å². The first kappa shape index (κ1) is 18.3. The highest BCUT2D eigenvalue weighted by molar-refractivity contribution is 5.79. The van der Waals surface area contributed by atoms with Gasteiger partial charge >= 0.3 is 12.1 Å². The molecule has 1 aliphatic heterocycles. The lowest BCUT2D eigenvalue weighted by Gasteiger charge is -2.33. The number of carboxylic acids is 1.